The van der Waals surface area contributed by atoms with Crippen molar-refractivity contribution in [1.29, 1.82) is 0 Å². The molecule has 3 nitrogen and oxygen atoms in total. The molecule has 0 atom stereocenters. The maximum Gasteiger partial charge on any atom is 0.216 e. The molecule has 0 spiro atoms. The van der Waals surface area contributed by atoms with Gasteiger partial charge in [-0.15, -0.1) is 0 Å². The number of hydrogen-bond donors (Lipinski definition) is 0. The molecule has 0 unspecified atom stereocenters. The minimum absolute atomic E-state index is 0.606. The molecule has 2 aromatic heterocycles. The quantitative estimate of drug-likeness (QED) is 0.237. The summed E-state index contributed by atoms with van der Waals surface area (Å²) in [6, 6.07) is 22.7. The Labute approximate surface area is 175 Å². The molecule has 144 valence electrons. The van der Waals surface area contributed by atoms with Gasteiger partial charge in [-0.05, 0) is 42.7 Å². The molecule has 0 saturated carbocycles. The van der Waals surface area contributed by atoms with Crippen molar-refractivity contribution in [1.82, 2.24) is 0 Å². The number of furan rings is 1. The number of hydrogen-bond acceptors (Lipinski definition) is 1. The zero-order chi connectivity index (χ0) is 20.8. The van der Waals surface area contributed by atoms with Crippen molar-refractivity contribution in [2.45, 2.75) is 13.8 Å². The summed E-state index contributed by atoms with van der Waals surface area (Å²) in [4.78, 5) is 3.79. The van der Waals surface area contributed by atoms with E-state index in [9.17, 15) is 0 Å². The van der Waals surface area contributed by atoms with Crippen LogP contribution in [0.5, 0.6) is 0 Å². The maximum absolute atomic E-state index is 7.70. The second-order valence-electron chi connectivity index (χ2n) is 7.78. The lowest BCUT2D eigenvalue weighted by molar-refractivity contribution is -0.660. The van der Waals surface area contributed by atoms with Crippen molar-refractivity contribution in [3.8, 4) is 22.4 Å². The normalized spacial score (nSPS) is 11.1. The molecule has 3 aromatic carbocycles. The van der Waals surface area contributed by atoms with Gasteiger partial charge in [-0.25, -0.2) is 9.41 Å². The van der Waals surface area contributed by atoms with Gasteiger partial charge in [-0.2, -0.15) is 0 Å². The summed E-state index contributed by atoms with van der Waals surface area (Å²) in [7, 11) is 2.04. The fourth-order valence-corrected chi connectivity index (χ4v) is 4.13. The van der Waals surface area contributed by atoms with Gasteiger partial charge in [0.05, 0.1) is 12.1 Å². The van der Waals surface area contributed by atoms with E-state index in [1.54, 1.807) is 0 Å². The molecular weight excluding hydrogens is 368 g/mol. The van der Waals surface area contributed by atoms with E-state index < -0.39 is 0 Å². The van der Waals surface area contributed by atoms with Gasteiger partial charge in [0.1, 0.15) is 18.2 Å². The highest BCUT2D eigenvalue weighted by Crippen LogP contribution is 2.41. The third-order valence-corrected chi connectivity index (χ3v) is 5.76. The molecule has 5 rings (SSSR count). The number of fused-ring (bicyclic) bond motifs is 3. The van der Waals surface area contributed by atoms with Crippen LogP contribution < -0.4 is 4.57 Å². The van der Waals surface area contributed by atoms with Crippen LogP contribution in [0.4, 0.5) is 5.69 Å². The molecular formula is C27H21N2O+. The molecule has 0 aliphatic carbocycles. The topological polar surface area (TPSA) is 21.4 Å². The van der Waals surface area contributed by atoms with Crippen LogP contribution in [0.15, 0.2) is 77.3 Å². The largest absolute Gasteiger partial charge is 0.456 e. The molecule has 0 N–H and O–H groups in total. The van der Waals surface area contributed by atoms with Crippen LogP contribution in [0.1, 0.15) is 11.1 Å². The van der Waals surface area contributed by atoms with Crippen molar-refractivity contribution in [2.75, 3.05) is 0 Å². The molecule has 3 heteroatoms. The molecule has 0 aliphatic heterocycles. The minimum Gasteiger partial charge on any atom is -0.456 e. The number of aryl methyl sites for hydroxylation is 3. The summed E-state index contributed by atoms with van der Waals surface area (Å²) < 4.78 is 8.48. The van der Waals surface area contributed by atoms with Gasteiger partial charge < -0.3 is 4.42 Å². The summed E-state index contributed by atoms with van der Waals surface area (Å²) in [6.45, 7) is 11.9. The Hall–Kier alpha value is -3.90. The lowest BCUT2D eigenvalue weighted by atomic mass is 9.97. The molecule has 0 aliphatic rings. The van der Waals surface area contributed by atoms with Crippen LogP contribution in [0.2, 0.25) is 0 Å². The highest BCUT2D eigenvalue weighted by atomic mass is 16.3. The van der Waals surface area contributed by atoms with E-state index >= 15 is 0 Å². The SMILES string of the molecule is [C-]#[N+]c1cc2oc3c(-c4cccc[n+]4C)c(C)ccc3c2cc1-c1ccc(C)cc1. The van der Waals surface area contributed by atoms with E-state index in [2.05, 4.69) is 71.8 Å². The Morgan fingerprint density at radius 2 is 1.70 bits per heavy atom. The molecule has 5 aromatic rings. The number of nitrogens with zero attached hydrogens (tertiary/aromatic N) is 2. The molecule has 0 fully saturated rings. The summed E-state index contributed by atoms with van der Waals surface area (Å²) in [5.74, 6) is 0. The summed E-state index contributed by atoms with van der Waals surface area (Å²) in [5.41, 5.74) is 8.76. The van der Waals surface area contributed by atoms with Crippen LogP contribution >= 0.6 is 0 Å². The molecule has 2 heterocycles. The van der Waals surface area contributed by atoms with Gasteiger partial charge >= 0.3 is 0 Å². The lowest BCUT2D eigenvalue weighted by Gasteiger charge is -2.06. The van der Waals surface area contributed by atoms with E-state index in [4.69, 9.17) is 11.0 Å². The third-order valence-electron chi connectivity index (χ3n) is 5.76. The van der Waals surface area contributed by atoms with Crippen LogP contribution in [0.25, 0.3) is 49.2 Å². The van der Waals surface area contributed by atoms with Gasteiger partial charge in [0, 0.05) is 22.9 Å². The van der Waals surface area contributed by atoms with Crippen molar-refractivity contribution < 1.29 is 8.98 Å². The van der Waals surface area contributed by atoms with Crippen LogP contribution in [-0.2, 0) is 7.05 Å². The number of pyridine rings is 1. The third kappa shape index (κ3) is 2.77. The predicted octanol–water partition coefficient (Wildman–Crippen LogP) is 6.91. The Bertz CT molecular complexity index is 1470. The lowest BCUT2D eigenvalue weighted by Crippen LogP contribution is -2.30. The van der Waals surface area contributed by atoms with Crippen molar-refractivity contribution in [2.24, 2.45) is 7.05 Å². The first-order valence-electron chi connectivity index (χ1n) is 9.96. The van der Waals surface area contributed by atoms with E-state index in [-0.39, 0.29) is 0 Å². The monoisotopic (exact) mass is 389 g/mol. The van der Waals surface area contributed by atoms with Crippen molar-refractivity contribution in [3.63, 3.8) is 0 Å². The summed E-state index contributed by atoms with van der Waals surface area (Å²) in [6.07, 6.45) is 2.04. The number of benzene rings is 3. The van der Waals surface area contributed by atoms with E-state index in [1.165, 1.54) is 5.56 Å². The molecule has 0 saturated heterocycles. The Balaban J connectivity index is 1.84. The van der Waals surface area contributed by atoms with Crippen molar-refractivity contribution in [3.05, 3.63) is 95.5 Å². The van der Waals surface area contributed by atoms with Gasteiger partial charge in [0.2, 0.25) is 5.69 Å². The molecule has 0 bridgehead atoms. The molecule has 0 amide bonds. The highest BCUT2D eigenvalue weighted by molar-refractivity contribution is 6.12. The zero-order valence-electron chi connectivity index (χ0n) is 17.2. The first kappa shape index (κ1) is 18.1. The summed E-state index contributed by atoms with van der Waals surface area (Å²) in [5, 5.41) is 2.10. The van der Waals surface area contributed by atoms with Crippen molar-refractivity contribution >= 4 is 27.6 Å². The van der Waals surface area contributed by atoms with Gasteiger partial charge in [0.15, 0.2) is 11.9 Å². The molecule has 0 radical (unpaired) electrons. The first-order valence-corrected chi connectivity index (χ1v) is 9.96. The van der Waals surface area contributed by atoms with Crippen LogP contribution in [-0.4, -0.2) is 0 Å². The first-order chi connectivity index (χ1) is 14.6. The van der Waals surface area contributed by atoms with Gasteiger partial charge in [0.25, 0.3) is 0 Å². The van der Waals surface area contributed by atoms with Crippen LogP contribution in [0.3, 0.4) is 0 Å². The Morgan fingerprint density at radius 3 is 2.43 bits per heavy atom. The second kappa shape index (κ2) is 6.86. The Morgan fingerprint density at radius 1 is 0.900 bits per heavy atom. The standard InChI is InChI=1S/C27H21N2O/c1-17-8-11-19(12-9-17)21-15-22-20-13-10-18(2)26(24-7-5-6-14-29(24)4)27(20)30-25(22)16-23(21)28-3/h5-16H,1-2,4H3/q+1. The zero-order valence-corrected chi connectivity index (χ0v) is 17.2. The summed E-state index contributed by atoms with van der Waals surface area (Å²) >= 11 is 0. The fraction of sp³-hybridized carbons (Fsp3) is 0.111. The number of aromatic nitrogens is 1. The van der Waals surface area contributed by atoms with Gasteiger partial charge in [-0.3, -0.25) is 0 Å². The Kier molecular flexibility index (Phi) is 4.15. The number of rotatable bonds is 2. The highest BCUT2D eigenvalue weighted by Gasteiger charge is 2.21. The average molecular weight is 389 g/mol. The fourth-order valence-electron chi connectivity index (χ4n) is 4.13. The smallest absolute Gasteiger partial charge is 0.216 e. The predicted molar refractivity (Wildman–Crippen MR) is 122 cm³/mol. The van der Waals surface area contributed by atoms with E-state index in [0.717, 1.165) is 49.9 Å². The van der Waals surface area contributed by atoms with Crippen LogP contribution in [0, 0.1) is 20.4 Å². The van der Waals surface area contributed by atoms with E-state index in [0.29, 0.717) is 5.69 Å². The minimum atomic E-state index is 0.606. The molecule has 30 heavy (non-hydrogen) atoms. The maximum atomic E-state index is 7.70. The van der Waals surface area contributed by atoms with Gasteiger partial charge in [-0.1, -0.05) is 48.0 Å². The van der Waals surface area contributed by atoms with E-state index in [1.807, 2.05) is 31.4 Å². The average Bonchev–Trinajstić information content (AvgIpc) is 3.11. The second-order valence-corrected chi connectivity index (χ2v) is 7.78.